The van der Waals surface area contributed by atoms with Gasteiger partial charge in [0.25, 0.3) is 0 Å². The Morgan fingerprint density at radius 2 is 1.33 bits per heavy atom. The van der Waals surface area contributed by atoms with Gasteiger partial charge in [-0.15, -0.1) is 0 Å². The fourth-order valence-electron chi connectivity index (χ4n) is 5.38. The van der Waals surface area contributed by atoms with Crippen LogP contribution in [0.2, 0.25) is 4.82 Å². The van der Waals surface area contributed by atoms with E-state index in [4.69, 9.17) is 0 Å². The molecule has 2 aliphatic carbocycles. The Labute approximate surface area is 183 Å². The summed E-state index contributed by atoms with van der Waals surface area (Å²) < 4.78 is 1.32. The van der Waals surface area contributed by atoms with Crippen molar-refractivity contribution in [2.24, 2.45) is 5.92 Å². The van der Waals surface area contributed by atoms with Gasteiger partial charge in [-0.25, -0.2) is 0 Å². The van der Waals surface area contributed by atoms with Crippen LogP contribution in [-0.4, -0.2) is 15.0 Å². The minimum atomic E-state index is -0.0158. The van der Waals surface area contributed by atoms with E-state index in [-0.39, 0.29) is 31.1 Å². The standard InChI is InChI=1S/C27H20N2Se/c28-17-20(18-29)24-23(30-22-14-8-3-9-15-22)16-27(21-12-6-2-7-13-21)25(26(24)27)19-10-4-1-5-11-19/h1-15,23,25-26H,16H2. The van der Waals surface area contributed by atoms with Crippen molar-refractivity contribution in [3.63, 3.8) is 0 Å². The van der Waals surface area contributed by atoms with E-state index >= 15 is 0 Å². The van der Waals surface area contributed by atoms with Crippen LogP contribution in [0.3, 0.4) is 0 Å². The van der Waals surface area contributed by atoms with Crippen molar-refractivity contribution in [3.05, 3.63) is 113 Å². The molecule has 0 saturated heterocycles. The summed E-state index contributed by atoms with van der Waals surface area (Å²) in [5.74, 6) is 0.558. The quantitative estimate of drug-likeness (QED) is 0.418. The second-order valence-corrected chi connectivity index (χ2v) is 10.6. The van der Waals surface area contributed by atoms with Gasteiger partial charge < -0.3 is 0 Å². The number of hydrogen-bond donors (Lipinski definition) is 0. The van der Waals surface area contributed by atoms with Gasteiger partial charge in [0, 0.05) is 0 Å². The summed E-state index contributed by atoms with van der Waals surface area (Å²) >= 11 is 0.186. The first-order chi connectivity index (χ1) is 14.8. The summed E-state index contributed by atoms with van der Waals surface area (Å²) in [6, 6.07) is 36.3. The van der Waals surface area contributed by atoms with E-state index in [1.165, 1.54) is 15.6 Å². The van der Waals surface area contributed by atoms with Crippen LogP contribution >= 0.6 is 0 Å². The van der Waals surface area contributed by atoms with E-state index in [1.807, 2.05) is 12.1 Å². The molecule has 0 bridgehead atoms. The number of benzene rings is 3. The van der Waals surface area contributed by atoms with Crippen LogP contribution < -0.4 is 4.46 Å². The van der Waals surface area contributed by atoms with Crippen molar-refractivity contribution in [1.29, 1.82) is 10.5 Å². The fraction of sp³-hybridized carbons (Fsp3) is 0.185. The summed E-state index contributed by atoms with van der Waals surface area (Å²) in [5, 5.41) is 19.6. The molecule has 3 aromatic carbocycles. The monoisotopic (exact) mass is 452 g/mol. The van der Waals surface area contributed by atoms with Crippen LogP contribution in [-0.2, 0) is 5.41 Å². The van der Waals surface area contributed by atoms with Gasteiger partial charge >= 0.3 is 184 Å². The van der Waals surface area contributed by atoms with Crippen molar-refractivity contribution in [3.8, 4) is 12.1 Å². The molecule has 0 radical (unpaired) electrons. The molecule has 0 N–H and O–H groups in total. The zero-order chi connectivity index (χ0) is 20.6. The first-order valence-corrected chi connectivity index (χ1v) is 12.0. The molecule has 144 valence electrons. The normalized spacial score (nSPS) is 26.3. The van der Waals surface area contributed by atoms with Gasteiger partial charge in [0.05, 0.1) is 0 Å². The SMILES string of the molecule is N#CC(C#N)=C1C([Se]c2ccccc2)CC2(c3ccccc3)C1C2c1ccccc1. The maximum atomic E-state index is 9.79. The Morgan fingerprint density at radius 3 is 1.93 bits per heavy atom. The molecule has 0 heterocycles. The maximum absolute atomic E-state index is 9.79. The zero-order valence-corrected chi connectivity index (χ0v) is 18.1. The van der Waals surface area contributed by atoms with Gasteiger partial charge in [0.15, 0.2) is 0 Å². The number of hydrogen-bond acceptors (Lipinski definition) is 2. The second-order valence-electron chi connectivity index (χ2n) is 7.95. The number of nitrogens with zero attached hydrogens (tertiary/aromatic N) is 2. The Morgan fingerprint density at radius 1 is 0.767 bits per heavy atom. The molecule has 0 aromatic heterocycles. The molecule has 4 unspecified atom stereocenters. The average molecular weight is 451 g/mol. The molecule has 4 atom stereocenters. The van der Waals surface area contributed by atoms with E-state index in [0.717, 1.165) is 12.0 Å². The van der Waals surface area contributed by atoms with Crippen molar-refractivity contribution >= 4 is 19.4 Å². The molecule has 3 aromatic rings. The predicted octanol–water partition coefficient (Wildman–Crippen LogP) is 4.90. The molecule has 30 heavy (non-hydrogen) atoms. The summed E-state index contributed by atoms with van der Waals surface area (Å²) in [7, 11) is 0. The van der Waals surface area contributed by atoms with Gasteiger partial charge in [-0.2, -0.15) is 0 Å². The van der Waals surface area contributed by atoms with Crippen molar-refractivity contribution in [1.82, 2.24) is 0 Å². The van der Waals surface area contributed by atoms with Crippen LogP contribution in [0.15, 0.2) is 102 Å². The number of nitriles is 2. The third kappa shape index (κ3) is 2.91. The number of allylic oxidation sites excluding steroid dienone is 2. The third-order valence-corrected chi connectivity index (χ3v) is 9.16. The number of fused-ring (bicyclic) bond motifs is 1. The topological polar surface area (TPSA) is 47.6 Å². The summed E-state index contributed by atoms with van der Waals surface area (Å²) in [6.07, 6.45) is 0.998. The van der Waals surface area contributed by atoms with Gasteiger partial charge in [-0.1, -0.05) is 0 Å². The minimum absolute atomic E-state index is 0.0158. The molecular weight excluding hydrogens is 431 g/mol. The molecule has 2 fully saturated rings. The van der Waals surface area contributed by atoms with Crippen LogP contribution in [0.1, 0.15) is 23.5 Å². The first kappa shape index (κ1) is 18.9. The summed E-state index contributed by atoms with van der Waals surface area (Å²) in [6.45, 7) is 0. The Kier molecular flexibility index (Phi) is 4.80. The van der Waals surface area contributed by atoms with Gasteiger partial charge in [-0.05, 0) is 0 Å². The van der Waals surface area contributed by atoms with Crippen LogP contribution in [0.25, 0.3) is 0 Å². The van der Waals surface area contributed by atoms with Gasteiger partial charge in [0.1, 0.15) is 0 Å². The van der Waals surface area contributed by atoms with E-state index in [0.29, 0.717) is 11.5 Å². The second kappa shape index (κ2) is 7.62. The molecule has 2 aliphatic rings. The first-order valence-electron chi connectivity index (χ1n) is 10.2. The van der Waals surface area contributed by atoms with Crippen LogP contribution in [0, 0.1) is 28.6 Å². The molecule has 0 spiro atoms. The van der Waals surface area contributed by atoms with Crippen molar-refractivity contribution < 1.29 is 0 Å². The molecular formula is C27H20N2Se. The van der Waals surface area contributed by atoms with E-state index < -0.39 is 0 Å². The molecule has 2 nitrogen and oxygen atoms in total. The Bertz CT molecular complexity index is 1160. The third-order valence-electron chi connectivity index (χ3n) is 6.54. The molecule has 5 rings (SSSR count). The zero-order valence-electron chi connectivity index (χ0n) is 16.4. The Balaban J connectivity index is 1.64. The van der Waals surface area contributed by atoms with Gasteiger partial charge in [0.2, 0.25) is 0 Å². The van der Waals surface area contributed by atoms with E-state index in [1.54, 1.807) is 0 Å². The fourth-order valence-corrected chi connectivity index (χ4v) is 8.31. The Hall–Kier alpha value is -3.10. The molecule has 3 heteroatoms. The van der Waals surface area contributed by atoms with Crippen LogP contribution in [0.4, 0.5) is 0 Å². The van der Waals surface area contributed by atoms with E-state index in [2.05, 4.69) is 91.0 Å². The van der Waals surface area contributed by atoms with Crippen LogP contribution in [0.5, 0.6) is 0 Å². The summed E-state index contributed by atoms with van der Waals surface area (Å²) in [5.41, 5.74) is 4.06. The van der Waals surface area contributed by atoms with E-state index in [9.17, 15) is 10.5 Å². The molecule has 2 saturated carbocycles. The number of rotatable bonds is 4. The average Bonchev–Trinajstić information content (AvgIpc) is 3.36. The predicted molar refractivity (Wildman–Crippen MR) is 119 cm³/mol. The molecule has 0 aliphatic heterocycles. The summed E-state index contributed by atoms with van der Waals surface area (Å²) in [4.78, 5) is 0.277. The van der Waals surface area contributed by atoms with Crippen molar-refractivity contribution in [2.45, 2.75) is 22.6 Å². The van der Waals surface area contributed by atoms with Gasteiger partial charge in [-0.3, -0.25) is 0 Å². The van der Waals surface area contributed by atoms with Crippen molar-refractivity contribution in [2.75, 3.05) is 0 Å². The molecule has 0 amide bonds.